The molecule has 0 aliphatic carbocycles. The molecule has 7 nitrogen and oxygen atoms in total. The number of para-hydroxylation sites is 3. The van der Waals surface area contributed by atoms with E-state index >= 15 is 0 Å². The number of hydrogen-bond acceptors (Lipinski definition) is 3. The summed E-state index contributed by atoms with van der Waals surface area (Å²) in [7, 11) is 0. The van der Waals surface area contributed by atoms with E-state index in [1.807, 2.05) is 6.07 Å². The van der Waals surface area contributed by atoms with Crippen molar-refractivity contribution in [2.24, 2.45) is 0 Å². The third kappa shape index (κ3) is 4.75. The Kier molecular flexibility index (Phi) is 6.12. The van der Waals surface area contributed by atoms with Gasteiger partial charge in [-0.15, -0.1) is 0 Å². The zero-order valence-electron chi connectivity index (χ0n) is 17.1. The van der Waals surface area contributed by atoms with Crippen LogP contribution in [-0.2, 0) is 16.1 Å². The van der Waals surface area contributed by atoms with E-state index in [1.165, 1.54) is 21.9 Å². The van der Waals surface area contributed by atoms with E-state index in [0.29, 0.717) is 22.6 Å². The molecule has 162 valence electrons. The lowest BCUT2D eigenvalue weighted by Gasteiger charge is -2.35. The highest BCUT2D eigenvalue weighted by Crippen LogP contribution is 2.33. The third-order valence-corrected chi connectivity index (χ3v) is 5.01. The number of carbonyl (C=O) groups excluding carboxylic acids is 3. The van der Waals surface area contributed by atoms with E-state index in [1.54, 1.807) is 60.7 Å². The van der Waals surface area contributed by atoms with Crippen molar-refractivity contribution in [1.29, 1.82) is 0 Å². The Morgan fingerprint density at radius 1 is 0.906 bits per heavy atom. The monoisotopic (exact) mass is 432 g/mol. The van der Waals surface area contributed by atoms with Gasteiger partial charge in [0, 0.05) is 12.2 Å². The maximum atomic E-state index is 13.3. The average Bonchev–Trinajstić information content (AvgIpc) is 2.80. The third-order valence-electron chi connectivity index (χ3n) is 5.01. The SMILES string of the molecule is O=C(CN1C(=O)CN(C(=O)Nc2ccccc2)c2ccccc21)NCc1cccc(F)c1. The quantitative estimate of drug-likeness (QED) is 0.647. The molecule has 3 aromatic rings. The number of nitrogens with zero attached hydrogens (tertiary/aromatic N) is 2. The van der Waals surface area contributed by atoms with Crippen LogP contribution in [0.3, 0.4) is 0 Å². The normalized spacial score (nSPS) is 12.8. The minimum atomic E-state index is -0.438. The Hall–Kier alpha value is -4.20. The summed E-state index contributed by atoms with van der Waals surface area (Å²) in [5.74, 6) is -1.15. The number of anilines is 3. The van der Waals surface area contributed by atoms with Crippen molar-refractivity contribution in [3.8, 4) is 0 Å². The van der Waals surface area contributed by atoms with Crippen molar-refractivity contribution >= 4 is 34.9 Å². The summed E-state index contributed by atoms with van der Waals surface area (Å²) < 4.78 is 13.3. The van der Waals surface area contributed by atoms with Crippen LogP contribution in [0.1, 0.15) is 5.56 Å². The molecule has 1 heterocycles. The lowest BCUT2D eigenvalue weighted by Crippen LogP contribution is -2.51. The topological polar surface area (TPSA) is 81.8 Å². The molecule has 0 bridgehead atoms. The molecule has 8 heteroatoms. The van der Waals surface area contributed by atoms with Gasteiger partial charge in [-0.3, -0.25) is 19.4 Å². The van der Waals surface area contributed by atoms with Crippen molar-refractivity contribution in [3.05, 3.63) is 90.2 Å². The Morgan fingerprint density at radius 2 is 1.62 bits per heavy atom. The number of rotatable bonds is 5. The first-order valence-corrected chi connectivity index (χ1v) is 10.1. The highest BCUT2D eigenvalue weighted by atomic mass is 19.1. The van der Waals surface area contributed by atoms with Crippen LogP contribution in [0.25, 0.3) is 0 Å². The van der Waals surface area contributed by atoms with E-state index in [2.05, 4.69) is 10.6 Å². The minimum absolute atomic E-state index is 0.145. The van der Waals surface area contributed by atoms with Crippen LogP contribution in [-0.4, -0.2) is 30.9 Å². The smallest absolute Gasteiger partial charge is 0.326 e. The first-order chi connectivity index (χ1) is 15.5. The average molecular weight is 432 g/mol. The number of hydrogen-bond donors (Lipinski definition) is 2. The van der Waals surface area contributed by atoms with Crippen molar-refractivity contribution in [2.75, 3.05) is 28.2 Å². The lowest BCUT2D eigenvalue weighted by atomic mass is 10.1. The molecule has 1 aliphatic heterocycles. The number of benzene rings is 3. The first-order valence-electron chi connectivity index (χ1n) is 10.1. The summed E-state index contributed by atoms with van der Waals surface area (Å²) in [5, 5.41) is 5.48. The molecule has 0 unspecified atom stereocenters. The Labute approximate surface area is 184 Å². The number of carbonyl (C=O) groups is 3. The van der Waals surface area contributed by atoms with Crippen LogP contribution >= 0.6 is 0 Å². The molecule has 4 rings (SSSR count). The summed E-state index contributed by atoms with van der Waals surface area (Å²) in [5.41, 5.74) is 2.22. The summed E-state index contributed by atoms with van der Waals surface area (Å²) in [6, 6.07) is 21.4. The van der Waals surface area contributed by atoms with E-state index in [-0.39, 0.29) is 37.3 Å². The number of nitrogens with one attached hydrogen (secondary N) is 2. The van der Waals surface area contributed by atoms with Crippen LogP contribution in [0.15, 0.2) is 78.9 Å². The fourth-order valence-corrected chi connectivity index (χ4v) is 3.47. The number of amides is 4. The standard InChI is InChI=1S/C24H21FN4O3/c25-18-8-6-7-17(13-18)14-26-22(30)15-28-20-11-4-5-12-21(20)29(16-23(28)31)24(32)27-19-9-2-1-3-10-19/h1-13H,14-16H2,(H,26,30)(H,27,32). The molecular formula is C24H21FN4O3. The fourth-order valence-electron chi connectivity index (χ4n) is 3.47. The Morgan fingerprint density at radius 3 is 2.38 bits per heavy atom. The largest absolute Gasteiger partial charge is 0.350 e. The van der Waals surface area contributed by atoms with Crippen molar-refractivity contribution < 1.29 is 18.8 Å². The molecule has 0 saturated carbocycles. The molecule has 2 N–H and O–H groups in total. The van der Waals surface area contributed by atoms with Crippen LogP contribution in [0.4, 0.5) is 26.2 Å². The second-order valence-electron chi connectivity index (χ2n) is 7.26. The van der Waals surface area contributed by atoms with Gasteiger partial charge < -0.3 is 10.6 Å². The molecule has 1 aliphatic rings. The first kappa shape index (κ1) is 21.0. The van der Waals surface area contributed by atoms with Gasteiger partial charge >= 0.3 is 6.03 Å². The van der Waals surface area contributed by atoms with E-state index in [0.717, 1.165) is 0 Å². The Balaban J connectivity index is 1.47. The molecule has 0 spiro atoms. The molecule has 0 radical (unpaired) electrons. The van der Waals surface area contributed by atoms with Gasteiger partial charge in [0.15, 0.2) is 0 Å². The number of fused-ring (bicyclic) bond motifs is 1. The fraction of sp³-hybridized carbons (Fsp3) is 0.125. The summed E-state index contributed by atoms with van der Waals surface area (Å²) in [4.78, 5) is 40.9. The van der Waals surface area contributed by atoms with Crippen molar-refractivity contribution in [2.45, 2.75) is 6.54 Å². The number of halogens is 1. The predicted molar refractivity (Wildman–Crippen MR) is 120 cm³/mol. The number of urea groups is 1. The minimum Gasteiger partial charge on any atom is -0.350 e. The van der Waals surface area contributed by atoms with E-state index in [9.17, 15) is 18.8 Å². The molecule has 3 aromatic carbocycles. The van der Waals surface area contributed by atoms with Gasteiger partial charge in [0.2, 0.25) is 11.8 Å². The van der Waals surface area contributed by atoms with Gasteiger partial charge in [0.05, 0.1) is 11.4 Å². The van der Waals surface area contributed by atoms with Crippen LogP contribution in [0.2, 0.25) is 0 Å². The van der Waals surface area contributed by atoms with Crippen molar-refractivity contribution in [3.63, 3.8) is 0 Å². The molecule has 4 amide bonds. The second kappa shape index (κ2) is 9.30. The van der Waals surface area contributed by atoms with Gasteiger partial charge in [-0.1, -0.05) is 42.5 Å². The van der Waals surface area contributed by atoms with E-state index in [4.69, 9.17) is 0 Å². The van der Waals surface area contributed by atoms with Crippen LogP contribution < -0.4 is 20.4 Å². The molecule has 0 atom stereocenters. The molecular weight excluding hydrogens is 411 g/mol. The highest BCUT2D eigenvalue weighted by Gasteiger charge is 2.33. The highest BCUT2D eigenvalue weighted by molar-refractivity contribution is 6.14. The zero-order valence-corrected chi connectivity index (χ0v) is 17.1. The van der Waals surface area contributed by atoms with Gasteiger partial charge in [-0.05, 0) is 42.0 Å². The Bertz CT molecular complexity index is 1150. The van der Waals surface area contributed by atoms with Gasteiger partial charge in [0.1, 0.15) is 18.9 Å². The van der Waals surface area contributed by atoms with Gasteiger partial charge in [-0.2, -0.15) is 0 Å². The maximum absolute atomic E-state index is 13.3. The molecule has 0 aromatic heterocycles. The summed E-state index contributed by atoms with van der Waals surface area (Å²) >= 11 is 0. The van der Waals surface area contributed by atoms with Crippen LogP contribution in [0, 0.1) is 5.82 Å². The summed E-state index contributed by atoms with van der Waals surface area (Å²) in [6.45, 7) is -0.266. The predicted octanol–water partition coefficient (Wildman–Crippen LogP) is 3.53. The van der Waals surface area contributed by atoms with Crippen molar-refractivity contribution in [1.82, 2.24) is 5.32 Å². The van der Waals surface area contributed by atoms with Gasteiger partial charge in [-0.25, -0.2) is 9.18 Å². The zero-order chi connectivity index (χ0) is 22.5. The maximum Gasteiger partial charge on any atom is 0.326 e. The lowest BCUT2D eigenvalue weighted by molar-refractivity contribution is -0.123. The van der Waals surface area contributed by atoms with Gasteiger partial charge in [0.25, 0.3) is 0 Å². The van der Waals surface area contributed by atoms with E-state index < -0.39 is 6.03 Å². The summed E-state index contributed by atoms with van der Waals surface area (Å²) in [6.07, 6.45) is 0. The molecule has 32 heavy (non-hydrogen) atoms. The second-order valence-corrected chi connectivity index (χ2v) is 7.26. The van der Waals surface area contributed by atoms with Crippen LogP contribution in [0.5, 0.6) is 0 Å². The molecule has 0 saturated heterocycles. The molecule has 0 fully saturated rings.